The number of sulfonamides is 1. The molecule has 0 aromatic heterocycles. The molecule has 2 amide bonds. The van der Waals surface area contributed by atoms with Gasteiger partial charge in [-0.15, -0.1) is 0 Å². The van der Waals surface area contributed by atoms with Gasteiger partial charge in [-0.3, -0.25) is 13.9 Å². The zero-order valence-electron chi connectivity index (χ0n) is 20.7. The number of benzene rings is 2. The molecule has 1 atom stereocenters. The number of nitrogens with one attached hydrogen (secondary N) is 1. The van der Waals surface area contributed by atoms with Crippen LogP contribution in [0.3, 0.4) is 0 Å². The highest BCUT2D eigenvalue weighted by Crippen LogP contribution is 2.22. The number of rotatable bonds is 14. The van der Waals surface area contributed by atoms with Gasteiger partial charge in [0.2, 0.25) is 21.8 Å². The van der Waals surface area contributed by atoms with Crippen molar-refractivity contribution >= 4 is 27.5 Å². The van der Waals surface area contributed by atoms with Crippen LogP contribution in [0.2, 0.25) is 0 Å². The first-order valence-corrected chi connectivity index (χ1v) is 13.9. The van der Waals surface area contributed by atoms with Gasteiger partial charge >= 0.3 is 0 Å². The van der Waals surface area contributed by atoms with E-state index in [2.05, 4.69) is 5.32 Å². The second-order valence-corrected chi connectivity index (χ2v) is 10.3. The number of hydrogen-bond acceptors (Lipinski definition) is 4. The highest BCUT2D eigenvalue weighted by atomic mass is 32.2. The van der Waals surface area contributed by atoms with Gasteiger partial charge in [0.15, 0.2) is 0 Å². The summed E-state index contributed by atoms with van der Waals surface area (Å²) in [6.45, 7) is 4.67. The summed E-state index contributed by atoms with van der Waals surface area (Å²) >= 11 is 0. The van der Waals surface area contributed by atoms with Crippen molar-refractivity contribution in [2.75, 3.05) is 30.2 Å². The molecule has 2 aromatic rings. The van der Waals surface area contributed by atoms with E-state index < -0.39 is 21.9 Å². The van der Waals surface area contributed by atoms with Gasteiger partial charge in [-0.1, -0.05) is 56.3 Å². The maximum absolute atomic E-state index is 14.3. The van der Waals surface area contributed by atoms with Crippen LogP contribution < -0.4 is 9.62 Å². The minimum Gasteiger partial charge on any atom is -0.354 e. The topological polar surface area (TPSA) is 86.8 Å². The highest BCUT2D eigenvalue weighted by molar-refractivity contribution is 7.92. The number of anilines is 1. The summed E-state index contributed by atoms with van der Waals surface area (Å²) in [5.41, 5.74) is 1.01. The van der Waals surface area contributed by atoms with E-state index >= 15 is 0 Å². The van der Waals surface area contributed by atoms with Crippen LogP contribution >= 0.6 is 0 Å². The average Bonchev–Trinajstić information content (AvgIpc) is 2.83. The van der Waals surface area contributed by atoms with Gasteiger partial charge in [0.1, 0.15) is 11.9 Å². The van der Waals surface area contributed by atoms with E-state index in [0.29, 0.717) is 25.9 Å². The number of nitrogens with zero attached hydrogens (tertiary/aromatic N) is 2. The van der Waals surface area contributed by atoms with Crippen molar-refractivity contribution in [3.05, 3.63) is 66.0 Å². The van der Waals surface area contributed by atoms with Crippen molar-refractivity contribution in [2.24, 2.45) is 0 Å². The molecule has 2 rings (SSSR count). The number of para-hydroxylation sites is 1. The van der Waals surface area contributed by atoms with Crippen molar-refractivity contribution in [3.8, 4) is 0 Å². The van der Waals surface area contributed by atoms with Gasteiger partial charge < -0.3 is 10.2 Å². The number of carbonyl (C=O) groups excluding carboxylic acids is 2. The molecule has 1 unspecified atom stereocenters. The van der Waals surface area contributed by atoms with E-state index in [9.17, 15) is 22.4 Å². The summed E-state index contributed by atoms with van der Waals surface area (Å²) in [5, 5.41) is 2.88. The van der Waals surface area contributed by atoms with Crippen LogP contribution in [0.25, 0.3) is 0 Å². The lowest BCUT2D eigenvalue weighted by atomic mass is 10.1. The Morgan fingerprint density at radius 2 is 1.66 bits per heavy atom. The van der Waals surface area contributed by atoms with Gasteiger partial charge in [-0.25, -0.2) is 12.8 Å². The molecule has 0 aliphatic rings. The first kappa shape index (κ1) is 28.3. The molecule has 9 heteroatoms. The molecule has 0 bridgehead atoms. The zero-order chi connectivity index (χ0) is 25.8. The predicted molar refractivity (Wildman–Crippen MR) is 137 cm³/mol. The summed E-state index contributed by atoms with van der Waals surface area (Å²) in [6, 6.07) is 14.7. The summed E-state index contributed by atoms with van der Waals surface area (Å²) < 4.78 is 39.9. The van der Waals surface area contributed by atoms with Crippen LogP contribution in [0.4, 0.5) is 10.1 Å². The number of hydrogen-bond donors (Lipinski definition) is 1. The lowest BCUT2D eigenvalue weighted by molar-refractivity contribution is -0.140. The molecule has 0 aliphatic heterocycles. The van der Waals surface area contributed by atoms with Gasteiger partial charge in [-0.05, 0) is 43.4 Å². The van der Waals surface area contributed by atoms with Gasteiger partial charge in [0.05, 0.1) is 11.9 Å². The molecule has 192 valence electrons. The lowest BCUT2D eigenvalue weighted by Gasteiger charge is -2.31. The third-order valence-corrected chi connectivity index (χ3v) is 6.87. The van der Waals surface area contributed by atoms with Crippen molar-refractivity contribution in [1.82, 2.24) is 10.2 Å². The molecular formula is C26H36FN3O4S. The van der Waals surface area contributed by atoms with E-state index in [-0.39, 0.29) is 36.9 Å². The van der Waals surface area contributed by atoms with Crippen LogP contribution in [0.1, 0.15) is 45.1 Å². The lowest BCUT2D eigenvalue weighted by Crippen LogP contribution is -2.50. The first-order valence-electron chi connectivity index (χ1n) is 12.0. The summed E-state index contributed by atoms with van der Waals surface area (Å²) in [4.78, 5) is 27.7. The van der Waals surface area contributed by atoms with Crippen molar-refractivity contribution < 1.29 is 22.4 Å². The molecule has 0 saturated heterocycles. The average molecular weight is 506 g/mol. The Hall–Kier alpha value is -2.94. The Morgan fingerprint density at radius 1 is 1.00 bits per heavy atom. The normalized spacial score (nSPS) is 12.1. The third kappa shape index (κ3) is 8.65. The number of carbonyl (C=O) groups is 2. The summed E-state index contributed by atoms with van der Waals surface area (Å²) in [7, 11) is -3.75. The molecular weight excluding hydrogens is 469 g/mol. The molecule has 0 spiro atoms. The second-order valence-electron chi connectivity index (χ2n) is 8.43. The minimum absolute atomic E-state index is 0.0345. The molecule has 2 aromatic carbocycles. The molecule has 0 saturated carbocycles. The molecule has 0 heterocycles. The maximum Gasteiger partial charge on any atom is 0.242 e. The van der Waals surface area contributed by atoms with Crippen LogP contribution in [-0.2, 0) is 26.0 Å². The first-order chi connectivity index (χ1) is 16.7. The molecule has 35 heavy (non-hydrogen) atoms. The Bertz CT molecular complexity index is 1060. The van der Waals surface area contributed by atoms with Crippen molar-refractivity contribution in [2.45, 2.75) is 52.0 Å². The fourth-order valence-corrected chi connectivity index (χ4v) is 4.86. The van der Waals surface area contributed by atoms with Crippen LogP contribution in [0.5, 0.6) is 0 Å². The quantitative estimate of drug-likeness (QED) is 0.424. The number of amides is 2. The molecule has 1 N–H and O–H groups in total. The molecule has 0 fully saturated rings. The fraction of sp³-hybridized carbons (Fsp3) is 0.462. The zero-order valence-corrected chi connectivity index (χ0v) is 21.6. The monoisotopic (exact) mass is 505 g/mol. The smallest absolute Gasteiger partial charge is 0.242 e. The van der Waals surface area contributed by atoms with Crippen molar-refractivity contribution in [1.29, 1.82) is 0 Å². The fourth-order valence-electron chi connectivity index (χ4n) is 3.90. The van der Waals surface area contributed by atoms with E-state index in [4.69, 9.17) is 0 Å². The summed E-state index contributed by atoms with van der Waals surface area (Å²) in [6.07, 6.45) is 3.08. The largest absolute Gasteiger partial charge is 0.354 e. The van der Waals surface area contributed by atoms with Gasteiger partial charge in [-0.2, -0.15) is 0 Å². The van der Waals surface area contributed by atoms with E-state index in [0.717, 1.165) is 22.5 Å². The van der Waals surface area contributed by atoms with E-state index in [1.165, 1.54) is 18.2 Å². The Labute approximate surface area is 208 Å². The SMILES string of the molecule is CCCNC(=O)C(CC)N(CCc1ccccc1)C(=O)CCCN(c1ccccc1F)S(C)(=O)=O. The summed E-state index contributed by atoms with van der Waals surface area (Å²) in [5.74, 6) is -1.08. The van der Waals surface area contributed by atoms with Crippen LogP contribution in [0.15, 0.2) is 54.6 Å². The molecule has 7 nitrogen and oxygen atoms in total. The molecule has 0 radical (unpaired) electrons. The van der Waals surface area contributed by atoms with E-state index in [1.54, 1.807) is 11.0 Å². The third-order valence-electron chi connectivity index (χ3n) is 5.69. The predicted octanol–water partition coefficient (Wildman–Crippen LogP) is 3.75. The maximum atomic E-state index is 14.3. The van der Waals surface area contributed by atoms with Gasteiger partial charge in [0.25, 0.3) is 0 Å². The van der Waals surface area contributed by atoms with E-state index in [1.807, 2.05) is 44.2 Å². The molecule has 0 aliphatic carbocycles. The second kappa shape index (κ2) is 13.8. The van der Waals surface area contributed by atoms with Gasteiger partial charge in [0, 0.05) is 26.1 Å². The van der Waals surface area contributed by atoms with Crippen LogP contribution in [0, 0.1) is 5.82 Å². The minimum atomic E-state index is -3.75. The highest BCUT2D eigenvalue weighted by Gasteiger charge is 2.28. The Kier molecular flexibility index (Phi) is 11.2. The Balaban J connectivity index is 2.15. The van der Waals surface area contributed by atoms with Crippen LogP contribution in [-0.4, -0.2) is 57.1 Å². The number of halogens is 1. The standard InChI is InChI=1S/C26H36FN3O4S/c1-4-18-28-26(32)23(5-2)29(20-17-21-12-7-6-8-13-21)25(31)16-11-19-30(35(3,33)34)24-15-10-9-14-22(24)27/h6-10,12-15,23H,4-5,11,16-20H2,1-3H3,(H,28,32). The van der Waals surface area contributed by atoms with Crippen molar-refractivity contribution in [3.63, 3.8) is 0 Å². The Morgan fingerprint density at radius 3 is 2.26 bits per heavy atom.